The molecular formula is C18H17N3O5. The molecule has 1 heterocycles. The second-order valence-corrected chi connectivity index (χ2v) is 5.52. The number of ether oxygens (including phenoxy) is 2. The van der Waals surface area contributed by atoms with E-state index in [2.05, 4.69) is 10.3 Å². The lowest BCUT2D eigenvalue weighted by Crippen LogP contribution is -2.38. The summed E-state index contributed by atoms with van der Waals surface area (Å²) in [7, 11) is 2.99. The van der Waals surface area contributed by atoms with Crippen LogP contribution in [0.2, 0.25) is 0 Å². The van der Waals surface area contributed by atoms with Crippen molar-refractivity contribution >= 4 is 22.5 Å². The highest BCUT2D eigenvalue weighted by Crippen LogP contribution is 2.25. The third kappa shape index (κ3) is 3.44. The average molecular weight is 355 g/mol. The highest BCUT2D eigenvalue weighted by atomic mass is 16.5. The van der Waals surface area contributed by atoms with Crippen LogP contribution in [0.5, 0.6) is 11.5 Å². The van der Waals surface area contributed by atoms with Crippen LogP contribution >= 0.6 is 0 Å². The molecule has 0 unspecified atom stereocenters. The number of carbonyl (C=O) groups is 1. The first-order valence-electron chi connectivity index (χ1n) is 7.76. The van der Waals surface area contributed by atoms with Crippen molar-refractivity contribution in [3.8, 4) is 11.5 Å². The Morgan fingerprint density at radius 2 is 1.73 bits per heavy atom. The van der Waals surface area contributed by atoms with Crippen LogP contribution in [0.15, 0.2) is 52.1 Å². The molecule has 0 spiro atoms. The Morgan fingerprint density at radius 1 is 1.08 bits per heavy atom. The summed E-state index contributed by atoms with van der Waals surface area (Å²) in [6.45, 7) is -0.418. The van der Waals surface area contributed by atoms with Crippen LogP contribution in [0.4, 0.5) is 5.69 Å². The Labute approximate surface area is 148 Å². The first-order chi connectivity index (χ1) is 12.5. The molecule has 2 N–H and O–H groups in total. The zero-order valence-electron chi connectivity index (χ0n) is 14.2. The van der Waals surface area contributed by atoms with Gasteiger partial charge in [-0.2, -0.15) is 0 Å². The third-order valence-electron chi connectivity index (χ3n) is 3.83. The van der Waals surface area contributed by atoms with Crippen molar-refractivity contribution in [3.05, 3.63) is 63.3 Å². The fourth-order valence-electron chi connectivity index (χ4n) is 2.57. The number of H-pyrrole nitrogens is 1. The summed E-state index contributed by atoms with van der Waals surface area (Å²) in [6, 6.07) is 11.5. The largest absolute Gasteiger partial charge is 0.497 e. The van der Waals surface area contributed by atoms with Crippen molar-refractivity contribution < 1.29 is 14.3 Å². The maximum absolute atomic E-state index is 12.5. The van der Waals surface area contributed by atoms with Crippen LogP contribution < -0.4 is 26.0 Å². The number of hydrogen-bond donors (Lipinski definition) is 2. The van der Waals surface area contributed by atoms with E-state index in [1.165, 1.54) is 14.2 Å². The Kier molecular flexibility index (Phi) is 4.74. The van der Waals surface area contributed by atoms with Gasteiger partial charge in [0, 0.05) is 23.9 Å². The van der Waals surface area contributed by atoms with E-state index in [4.69, 9.17) is 9.47 Å². The minimum absolute atomic E-state index is 0.336. The number of rotatable bonds is 5. The molecule has 8 nitrogen and oxygen atoms in total. The maximum atomic E-state index is 12.5. The lowest BCUT2D eigenvalue weighted by molar-refractivity contribution is -0.116. The zero-order valence-corrected chi connectivity index (χ0v) is 14.2. The van der Waals surface area contributed by atoms with Crippen LogP contribution in [-0.4, -0.2) is 29.7 Å². The summed E-state index contributed by atoms with van der Waals surface area (Å²) in [5.74, 6) is 0.476. The number of aromatic amines is 1. The molecule has 0 bridgehead atoms. The number of benzene rings is 2. The Bertz CT molecular complexity index is 1060. The number of anilines is 1. The molecule has 3 aromatic rings. The van der Waals surface area contributed by atoms with Crippen LogP contribution in [0.25, 0.3) is 10.9 Å². The van der Waals surface area contributed by atoms with Gasteiger partial charge >= 0.3 is 5.69 Å². The van der Waals surface area contributed by atoms with Crippen molar-refractivity contribution in [2.24, 2.45) is 0 Å². The van der Waals surface area contributed by atoms with E-state index in [9.17, 15) is 14.4 Å². The fraction of sp³-hybridized carbons (Fsp3) is 0.167. The van der Waals surface area contributed by atoms with Gasteiger partial charge in [0.2, 0.25) is 5.91 Å². The van der Waals surface area contributed by atoms with Gasteiger partial charge in [0.05, 0.1) is 25.1 Å². The number of fused-ring (bicyclic) bond motifs is 1. The summed E-state index contributed by atoms with van der Waals surface area (Å²) in [5, 5.41) is 2.97. The second kappa shape index (κ2) is 7.14. The zero-order chi connectivity index (χ0) is 18.7. The molecule has 0 aliphatic carbocycles. The topological polar surface area (TPSA) is 102 Å². The molecule has 1 amide bonds. The van der Waals surface area contributed by atoms with E-state index in [-0.39, 0.29) is 0 Å². The second-order valence-electron chi connectivity index (χ2n) is 5.52. The normalized spacial score (nSPS) is 10.5. The van der Waals surface area contributed by atoms with E-state index in [0.29, 0.717) is 28.1 Å². The number of nitrogens with one attached hydrogen (secondary N) is 2. The molecule has 134 valence electrons. The van der Waals surface area contributed by atoms with Crippen LogP contribution in [0, 0.1) is 0 Å². The van der Waals surface area contributed by atoms with Crippen molar-refractivity contribution in [3.63, 3.8) is 0 Å². The molecule has 0 fully saturated rings. The monoisotopic (exact) mass is 355 g/mol. The lowest BCUT2D eigenvalue weighted by Gasteiger charge is -2.10. The van der Waals surface area contributed by atoms with Gasteiger partial charge in [-0.15, -0.1) is 0 Å². The summed E-state index contributed by atoms with van der Waals surface area (Å²) < 4.78 is 11.1. The van der Waals surface area contributed by atoms with Gasteiger partial charge in [-0.3, -0.25) is 14.2 Å². The number of carbonyl (C=O) groups excluding carboxylic acids is 1. The highest BCUT2D eigenvalue weighted by Gasteiger charge is 2.12. The Balaban J connectivity index is 1.88. The summed E-state index contributed by atoms with van der Waals surface area (Å²) in [4.78, 5) is 39.5. The number of amides is 1. The van der Waals surface area contributed by atoms with Crippen molar-refractivity contribution in [2.45, 2.75) is 6.54 Å². The minimum Gasteiger partial charge on any atom is -0.497 e. The molecule has 2 aromatic carbocycles. The average Bonchev–Trinajstić information content (AvgIpc) is 2.64. The molecular weight excluding hydrogens is 338 g/mol. The number of methoxy groups -OCH3 is 2. The summed E-state index contributed by atoms with van der Waals surface area (Å²) >= 11 is 0. The van der Waals surface area contributed by atoms with Crippen molar-refractivity contribution in [1.82, 2.24) is 9.55 Å². The molecule has 0 aliphatic rings. The molecule has 3 rings (SSSR count). The van der Waals surface area contributed by atoms with Gasteiger partial charge in [-0.1, -0.05) is 12.1 Å². The predicted octanol–water partition coefficient (Wildman–Crippen LogP) is 1.35. The van der Waals surface area contributed by atoms with E-state index in [1.54, 1.807) is 42.5 Å². The number of para-hydroxylation sites is 1. The van der Waals surface area contributed by atoms with Gasteiger partial charge in [0.15, 0.2) is 0 Å². The van der Waals surface area contributed by atoms with Gasteiger partial charge in [-0.05, 0) is 12.1 Å². The quantitative estimate of drug-likeness (QED) is 0.719. The van der Waals surface area contributed by atoms with Crippen molar-refractivity contribution in [2.75, 3.05) is 19.5 Å². The summed E-state index contributed by atoms with van der Waals surface area (Å²) in [6.07, 6.45) is 0. The molecule has 0 atom stereocenters. The fourth-order valence-corrected chi connectivity index (χ4v) is 2.57. The van der Waals surface area contributed by atoms with Crippen molar-refractivity contribution in [1.29, 1.82) is 0 Å². The van der Waals surface area contributed by atoms with E-state index < -0.39 is 23.7 Å². The minimum atomic E-state index is -0.646. The SMILES string of the molecule is COc1cc(NC(=O)Cn2c(=O)[nH]c3ccccc3c2=O)cc(OC)c1. The molecule has 26 heavy (non-hydrogen) atoms. The molecule has 0 saturated carbocycles. The molecule has 0 saturated heterocycles. The Morgan fingerprint density at radius 3 is 2.38 bits per heavy atom. The van der Waals surface area contributed by atoms with E-state index in [0.717, 1.165) is 4.57 Å². The number of nitrogens with zero attached hydrogens (tertiary/aromatic N) is 1. The van der Waals surface area contributed by atoms with Crippen LogP contribution in [0.3, 0.4) is 0 Å². The van der Waals surface area contributed by atoms with E-state index >= 15 is 0 Å². The third-order valence-corrected chi connectivity index (χ3v) is 3.83. The number of aromatic nitrogens is 2. The van der Waals surface area contributed by atoms with Gasteiger partial charge in [0.1, 0.15) is 18.0 Å². The molecule has 0 radical (unpaired) electrons. The van der Waals surface area contributed by atoms with E-state index in [1.807, 2.05) is 0 Å². The number of hydrogen-bond acceptors (Lipinski definition) is 5. The highest BCUT2D eigenvalue weighted by molar-refractivity contribution is 5.91. The van der Waals surface area contributed by atoms with Gasteiger partial charge < -0.3 is 19.8 Å². The van der Waals surface area contributed by atoms with Gasteiger partial charge in [0.25, 0.3) is 5.56 Å². The Hall–Kier alpha value is -3.55. The first kappa shape index (κ1) is 17.3. The summed E-state index contributed by atoms with van der Waals surface area (Å²) in [5.41, 5.74) is -0.317. The van der Waals surface area contributed by atoms with Crippen LogP contribution in [0.1, 0.15) is 0 Å². The lowest BCUT2D eigenvalue weighted by atomic mass is 10.2. The standard InChI is InChI=1S/C18H17N3O5/c1-25-12-7-11(8-13(9-12)26-2)19-16(22)10-21-17(23)14-5-3-4-6-15(14)20-18(21)24/h3-9H,10H2,1-2H3,(H,19,22)(H,20,24). The molecule has 0 aliphatic heterocycles. The molecule has 8 heteroatoms. The first-order valence-corrected chi connectivity index (χ1v) is 7.76. The maximum Gasteiger partial charge on any atom is 0.329 e. The predicted molar refractivity (Wildman–Crippen MR) is 97.0 cm³/mol. The van der Waals surface area contributed by atoms with Crippen LogP contribution in [-0.2, 0) is 11.3 Å². The smallest absolute Gasteiger partial charge is 0.329 e. The van der Waals surface area contributed by atoms with Gasteiger partial charge in [-0.25, -0.2) is 4.79 Å². The molecule has 1 aromatic heterocycles.